The van der Waals surface area contributed by atoms with Gasteiger partial charge in [-0.05, 0) is 54.1 Å². The van der Waals surface area contributed by atoms with Crippen molar-refractivity contribution >= 4 is 33.3 Å². The molecule has 7 nitrogen and oxygen atoms in total. The van der Waals surface area contributed by atoms with Crippen LogP contribution in [0.5, 0.6) is 0 Å². The predicted octanol–water partition coefficient (Wildman–Crippen LogP) is 3.75. The molecule has 0 spiro atoms. The highest BCUT2D eigenvalue weighted by Gasteiger charge is 2.35. The Morgan fingerprint density at radius 2 is 1.53 bits per heavy atom. The van der Waals surface area contributed by atoms with Crippen LogP contribution in [0, 0.1) is 22.7 Å². The highest BCUT2D eigenvalue weighted by atomic mass is 32.2. The van der Waals surface area contributed by atoms with Crippen LogP contribution in [0.1, 0.15) is 31.8 Å². The van der Waals surface area contributed by atoms with E-state index in [2.05, 4.69) is 5.32 Å². The van der Waals surface area contributed by atoms with Crippen molar-refractivity contribution in [2.75, 3.05) is 5.32 Å². The van der Waals surface area contributed by atoms with E-state index in [0.717, 1.165) is 0 Å². The second kappa shape index (κ2) is 7.95. The molecule has 0 atom stereocenters. The number of benzene rings is 3. The summed E-state index contributed by atoms with van der Waals surface area (Å²) < 4.78 is 26.0. The van der Waals surface area contributed by atoms with Gasteiger partial charge >= 0.3 is 0 Å². The molecule has 32 heavy (non-hydrogen) atoms. The van der Waals surface area contributed by atoms with Crippen LogP contribution in [-0.2, 0) is 9.84 Å². The lowest BCUT2D eigenvalue weighted by Gasteiger charge is -2.19. The molecule has 8 heteroatoms. The van der Waals surface area contributed by atoms with Crippen molar-refractivity contribution in [3.05, 3.63) is 94.6 Å². The molecule has 0 bridgehead atoms. The second-order valence-electron chi connectivity index (χ2n) is 6.90. The van der Waals surface area contributed by atoms with Crippen LogP contribution in [0.25, 0.3) is 6.08 Å². The van der Waals surface area contributed by atoms with Crippen LogP contribution < -0.4 is 5.32 Å². The molecule has 0 saturated heterocycles. The Bertz CT molecular complexity index is 1490. The number of amides is 1. The lowest BCUT2D eigenvalue weighted by molar-refractivity contribution is 0.101. The number of allylic oxidation sites excluding steroid dienone is 1. The number of rotatable bonds is 3. The van der Waals surface area contributed by atoms with E-state index in [1.807, 2.05) is 0 Å². The Morgan fingerprint density at radius 3 is 2.22 bits per heavy atom. The van der Waals surface area contributed by atoms with Crippen molar-refractivity contribution in [1.29, 1.82) is 10.5 Å². The molecular weight excluding hydrogens is 426 g/mol. The molecule has 0 fully saturated rings. The number of hydrogen-bond donors (Lipinski definition) is 1. The van der Waals surface area contributed by atoms with E-state index >= 15 is 0 Å². The summed E-state index contributed by atoms with van der Waals surface area (Å²) in [6, 6.07) is 19.9. The zero-order valence-corrected chi connectivity index (χ0v) is 17.2. The highest BCUT2D eigenvalue weighted by Crippen LogP contribution is 2.34. The largest absolute Gasteiger partial charge is 0.322 e. The van der Waals surface area contributed by atoms with E-state index in [1.165, 1.54) is 36.4 Å². The van der Waals surface area contributed by atoms with Crippen molar-refractivity contribution in [2.24, 2.45) is 0 Å². The molecule has 0 saturated carbocycles. The van der Waals surface area contributed by atoms with Gasteiger partial charge in [0.25, 0.3) is 5.91 Å². The fraction of sp³-hybridized carbons (Fsp3) is 0. The smallest absolute Gasteiger partial charge is 0.255 e. The zero-order valence-electron chi connectivity index (χ0n) is 16.4. The van der Waals surface area contributed by atoms with Gasteiger partial charge in [-0.2, -0.15) is 10.5 Å². The molecule has 1 heterocycles. The van der Waals surface area contributed by atoms with Gasteiger partial charge in [-0.25, -0.2) is 8.42 Å². The number of nitrogens with one attached hydrogen (secondary N) is 1. The number of carbonyl (C=O) groups is 2. The van der Waals surface area contributed by atoms with Crippen LogP contribution >= 0.6 is 0 Å². The molecular formula is C24H13N3O4S. The second-order valence-corrected chi connectivity index (χ2v) is 8.78. The number of nitrogens with zero attached hydrogens (tertiary/aromatic N) is 2. The SMILES string of the molecule is N#CC(C#N)=Cc1ccc(NC(=O)c2ccc3c(c2)S(=O)(=O)c2ccccc2C3=O)cc1. The first-order valence-corrected chi connectivity index (χ1v) is 10.8. The number of fused-ring (bicyclic) bond motifs is 2. The van der Waals surface area contributed by atoms with Crippen LogP contribution in [0.3, 0.4) is 0 Å². The summed E-state index contributed by atoms with van der Waals surface area (Å²) in [5.41, 5.74) is 1.22. The number of sulfone groups is 1. The average Bonchev–Trinajstić information content (AvgIpc) is 2.82. The Labute approximate surface area is 183 Å². The minimum absolute atomic E-state index is 0.0298. The molecule has 0 unspecified atom stereocenters. The van der Waals surface area contributed by atoms with E-state index in [9.17, 15) is 18.0 Å². The van der Waals surface area contributed by atoms with Gasteiger partial charge in [-0.15, -0.1) is 0 Å². The van der Waals surface area contributed by atoms with E-state index < -0.39 is 21.5 Å². The summed E-state index contributed by atoms with van der Waals surface area (Å²) in [5.74, 6) is -0.956. The zero-order chi connectivity index (χ0) is 22.9. The van der Waals surface area contributed by atoms with Crippen molar-refractivity contribution in [3.8, 4) is 12.1 Å². The first kappa shape index (κ1) is 20.7. The van der Waals surface area contributed by atoms with Crippen molar-refractivity contribution in [3.63, 3.8) is 0 Å². The topological polar surface area (TPSA) is 128 Å². The minimum Gasteiger partial charge on any atom is -0.322 e. The maximum absolute atomic E-state index is 13.0. The fourth-order valence-corrected chi connectivity index (χ4v) is 5.03. The third-order valence-corrected chi connectivity index (χ3v) is 6.77. The quantitative estimate of drug-likeness (QED) is 0.484. The summed E-state index contributed by atoms with van der Waals surface area (Å²) in [4.78, 5) is 25.1. The summed E-state index contributed by atoms with van der Waals surface area (Å²) in [6.07, 6.45) is 1.41. The first-order chi connectivity index (χ1) is 15.3. The van der Waals surface area contributed by atoms with Gasteiger partial charge in [0.15, 0.2) is 5.78 Å². The molecule has 1 aliphatic rings. The standard InChI is InChI=1S/C24H13N3O4S/c25-13-16(14-26)11-15-5-8-18(9-6-15)27-24(29)17-7-10-20-22(12-17)32(30,31)21-4-2-1-3-19(21)23(20)28/h1-12H,(H,27,29). The Morgan fingerprint density at radius 1 is 0.875 bits per heavy atom. The van der Waals surface area contributed by atoms with Crippen LogP contribution in [0.4, 0.5) is 5.69 Å². The van der Waals surface area contributed by atoms with E-state index in [0.29, 0.717) is 11.3 Å². The third kappa shape index (κ3) is 3.56. The number of hydrogen-bond acceptors (Lipinski definition) is 6. The van der Waals surface area contributed by atoms with Gasteiger partial charge in [0, 0.05) is 22.4 Å². The molecule has 1 aliphatic heterocycles. The van der Waals surface area contributed by atoms with E-state index in [1.54, 1.807) is 48.5 Å². The monoisotopic (exact) mass is 439 g/mol. The predicted molar refractivity (Wildman–Crippen MR) is 115 cm³/mol. The van der Waals surface area contributed by atoms with Crippen molar-refractivity contribution in [1.82, 2.24) is 0 Å². The minimum atomic E-state index is -3.95. The van der Waals surface area contributed by atoms with Gasteiger partial charge in [-0.1, -0.05) is 24.3 Å². The fourth-order valence-electron chi connectivity index (χ4n) is 3.35. The molecule has 3 aromatic rings. The average molecular weight is 439 g/mol. The maximum atomic E-state index is 13.0. The van der Waals surface area contributed by atoms with Crippen molar-refractivity contribution in [2.45, 2.75) is 9.79 Å². The van der Waals surface area contributed by atoms with Crippen LogP contribution in [0.2, 0.25) is 0 Å². The highest BCUT2D eigenvalue weighted by molar-refractivity contribution is 7.91. The molecule has 0 radical (unpaired) electrons. The summed E-state index contributed by atoms with van der Waals surface area (Å²) >= 11 is 0. The van der Waals surface area contributed by atoms with Gasteiger partial charge in [-0.3, -0.25) is 9.59 Å². The lowest BCUT2D eigenvalue weighted by atomic mass is 10.0. The van der Waals surface area contributed by atoms with Gasteiger partial charge < -0.3 is 5.32 Å². The molecule has 0 aromatic heterocycles. The number of ketones is 1. The number of nitriles is 2. The first-order valence-electron chi connectivity index (χ1n) is 9.31. The third-order valence-electron chi connectivity index (χ3n) is 4.92. The molecule has 0 aliphatic carbocycles. The van der Waals surface area contributed by atoms with Gasteiger partial charge in [0.2, 0.25) is 9.84 Å². The van der Waals surface area contributed by atoms with E-state index in [4.69, 9.17) is 10.5 Å². The van der Waals surface area contributed by atoms with Crippen LogP contribution in [-0.4, -0.2) is 20.1 Å². The van der Waals surface area contributed by atoms with E-state index in [-0.39, 0.29) is 32.1 Å². The summed E-state index contributed by atoms with van der Waals surface area (Å²) in [5, 5.41) is 20.3. The molecule has 1 N–H and O–H groups in total. The lowest BCUT2D eigenvalue weighted by Crippen LogP contribution is -2.21. The number of carbonyl (C=O) groups excluding carboxylic acids is 2. The van der Waals surface area contributed by atoms with Crippen LogP contribution in [0.15, 0.2) is 82.1 Å². The number of anilines is 1. The maximum Gasteiger partial charge on any atom is 0.255 e. The Kier molecular flexibility index (Phi) is 5.15. The summed E-state index contributed by atoms with van der Waals surface area (Å²) in [6.45, 7) is 0. The molecule has 4 rings (SSSR count). The molecule has 154 valence electrons. The Hall–Kier alpha value is -4.53. The normalized spacial score (nSPS) is 13.0. The van der Waals surface area contributed by atoms with Gasteiger partial charge in [0.05, 0.1) is 9.79 Å². The Balaban J connectivity index is 1.63. The molecule has 1 amide bonds. The van der Waals surface area contributed by atoms with Crippen molar-refractivity contribution < 1.29 is 18.0 Å². The molecule has 3 aromatic carbocycles. The van der Waals surface area contributed by atoms with Gasteiger partial charge in [0.1, 0.15) is 17.7 Å². The summed E-state index contributed by atoms with van der Waals surface area (Å²) in [7, 11) is -3.95.